The van der Waals surface area contributed by atoms with Crippen LogP contribution < -0.4 is 0 Å². The van der Waals surface area contributed by atoms with E-state index in [1.54, 1.807) is 0 Å². The fourth-order valence-corrected chi connectivity index (χ4v) is 1.75. The summed E-state index contributed by atoms with van der Waals surface area (Å²) >= 11 is 3.07. The highest BCUT2D eigenvalue weighted by Gasteiger charge is 2.33. The molecule has 17 heavy (non-hydrogen) atoms. The lowest BCUT2D eigenvalue weighted by Crippen LogP contribution is -2.19. The molecule has 1 aromatic rings. The summed E-state index contributed by atoms with van der Waals surface area (Å²) in [6, 6.07) is 1.99. The third-order valence-corrected chi connectivity index (χ3v) is 2.64. The van der Waals surface area contributed by atoms with Crippen LogP contribution in [-0.4, -0.2) is 26.6 Å². The average molecular weight is 314 g/mol. The normalized spacial score (nSPS) is 15.6. The number of nitrogens with zero attached hydrogens (tertiary/aromatic N) is 1. The number of aromatic nitrogens is 1. The molecule has 0 amide bonds. The van der Waals surface area contributed by atoms with Gasteiger partial charge >= 0.3 is 6.18 Å². The van der Waals surface area contributed by atoms with E-state index in [0.29, 0.717) is 5.33 Å². The molecule has 0 spiro atoms. The van der Waals surface area contributed by atoms with E-state index in [1.807, 2.05) is 0 Å². The topological polar surface area (TPSA) is 53.4 Å². The monoisotopic (exact) mass is 313 g/mol. The Hall–Kier alpha value is -0.660. The number of pyridine rings is 1. The van der Waals surface area contributed by atoms with Crippen LogP contribution in [0.25, 0.3) is 0 Å². The molecule has 0 saturated heterocycles. The van der Waals surface area contributed by atoms with E-state index in [9.17, 15) is 23.4 Å². The summed E-state index contributed by atoms with van der Waals surface area (Å²) in [6.07, 6.45) is -5.82. The molecule has 0 aliphatic carbocycles. The lowest BCUT2D eigenvalue weighted by Gasteiger charge is -2.18. The van der Waals surface area contributed by atoms with E-state index < -0.39 is 24.1 Å². The first-order chi connectivity index (χ1) is 7.86. The summed E-state index contributed by atoms with van der Waals surface area (Å²) in [5.74, 6) is 0. The second kappa shape index (κ2) is 5.79. The Morgan fingerprint density at radius 2 is 2.00 bits per heavy atom. The fraction of sp³-hybridized carbons (Fsp3) is 0.500. The summed E-state index contributed by atoms with van der Waals surface area (Å²) in [7, 11) is 0. The van der Waals surface area contributed by atoms with Crippen molar-refractivity contribution >= 4 is 15.9 Å². The zero-order chi connectivity index (χ0) is 13.1. The number of aliphatic hydroxyl groups is 2. The Bertz CT molecular complexity index is 373. The third kappa shape index (κ3) is 3.93. The van der Waals surface area contributed by atoms with E-state index in [4.69, 9.17) is 0 Å². The summed E-state index contributed by atoms with van der Waals surface area (Å²) in [4.78, 5) is 3.17. The van der Waals surface area contributed by atoms with E-state index in [2.05, 4.69) is 20.9 Å². The van der Waals surface area contributed by atoms with E-state index >= 15 is 0 Å². The van der Waals surface area contributed by atoms with Crippen LogP contribution in [0, 0.1) is 0 Å². The van der Waals surface area contributed by atoms with Crippen LogP contribution in [0.3, 0.4) is 0 Å². The minimum atomic E-state index is -4.56. The lowest BCUT2D eigenvalue weighted by atomic mass is 10.0. The van der Waals surface area contributed by atoms with Crippen LogP contribution in [0.4, 0.5) is 13.2 Å². The molecular weight excluding hydrogens is 303 g/mol. The molecule has 2 N–H and O–H groups in total. The maximum absolute atomic E-state index is 12.4. The molecule has 2 unspecified atom stereocenters. The van der Waals surface area contributed by atoms with Crippen molar-refractivity contribution in [3.63, 3.8) is 0 Å². The summed E-state index contributed by atoms with van der Waals surface area (Å²) in [5.41, 5.74) is -1.08. The van der Waals surface area contributed by atoms with Gasteiger partial charge in [-0.2, -0.15) is 13.2 Å². The average Bonchev–Trinajstić information content (AvgIpc) is 2.27. The first-order valence-corrected chi connectivity index (χ1v) is 5.93. The van der Waals surface area contributed by atoms with Gasteiger partial charge in [-0.05, 0) is 24.1 Å². The van der Waals surface area contributed by atoms with Crippen molar-refractivity contribution in [3.05, 3.63) is 29.6 Å². The standard InChI is InChI=1S/C10H11BrF3NO2/c11-3-1-7(16)9(17)6-2-4-15-8(5-6)10(12,13)14/h2,4-5,7,9,16-17H,1,3H2. The van der Waals surface area contributed by atoms with Crippen LogP contribution in [0.15, 0.2) is 18.3 Å². The molecule has 0 saturated carbocycles. The van der Waals surface area contributed by atoms with Gasteiger partial charge in [0.05, 0.1) is 6.10 Å². The van der Waals surface area contributed by atoms with Crippen molar-refractivity contribution in [2.75, 3.05) is 5.33 Å². The van der Waals surface area contributed by atoms with Gasteiger partial charge in [-0.25, -0.2) is 0 Å². The van der Waals surface area contributed by atoms with Crippen LogP contribution in [0.5, 0.6) is 0 Å². The van der Waals surface area contributed by atoms with Crippen molar-refractivity contribution in [3.8, 4) is 0 Å². The molecule has 0 aliphatic rings. The Kier molecular flexibility index (Phi) is 4.91. The molecule has 96 valence electrons. The SMILES string of the molecule is OC(CCBr)C(O)c1ccnc(C(F)(F)F)c1. The van der Waals surface area contributed by atoms with Gasteiger partial charge in [-0.15, -0.1) is 0 Å². The Morgan fingerprint density at radius 3 is 2.53 bits per heavy atom. The van der Waals surface area contributed by atoms with Crippen molar-refractivity contribution in [1.29, 1.82) is 0 Å². The van der Waals surface area contributed by atoms with Gasteiger partial charge in [-0.1, -0.05) is 15.9 Å². The zero-order valence-corrected chi connectivity index (χ0v) is 10.2. The minimum absolute atomic E-state index is 0.000718. The molecule has 1 rings (SSSR count). The minimum Gasteiger partial charge on any atom is -0.390 e. The van der Waals surface area contributed by atoms with Crippen molar-refractivity contribution in [2.45, 2.75) is 24.8 Å². The van der Waals surface area contributed by atoms with E-state index in [1.165, 1.54) is 6.07 Å². The molecule has 0 radical (unpaired) electrons. The third-order valence-electron chi connectivity index (χ3n) is 2.19. The number of hydrogen-bond acceptors (Lipinski definition) is 3. The number of aliphatic hydroxyl groups excluding tert-OH is 2. The first-order valence-electron chi connectivity index (χ1n) is 4.81. The van der Waals surface area contributed by atoms with Gasteiger partial charge in [0, 0.05) is 11.5 Å². The first kappa shape index (κ1) is 14.4. The Labute approximate surface area is 104 Å². The number of hydrogen-bond donors (Lipinski definition) is 2. The van der Waals surface area contributed by atoms with E-state index in [-0.39, 0.29) is 12.0 Å². The number of rotatable bonds is 4. The Morgan fingerprint density at radius 1 is 1.35 bits per heavy atom. The maximum Gasteiger partial charge on any atom is 0.433 e. The van der Waals surface area contributed by atoms with Crippen molar-refractivity contribution in [2.24, 2.45) is 0 Å². The molecule has 3 nitrogen and oxygen atoms in total. The van der Waals surface area contributed by atoms with Crippen LogP contribution in [0.1, 0.15) is 23.8 Å². The van der Waals surface area contributed by atoms with Gasteiger partial charge in [0.1, 0.15) is 11.8 Å². The van der Waals surface area contributed by atoms with E-state index in [0.717, 1.165) is 12.3 Å². The molecular formula is C10H11BrF3NO2. The molecule has 0 aromatic carbocycles. The van der Waals surface area contributed by atoms with Crippen LogP contribution in [0.2, 0.25) is 0 Å². The van der Waals surface area contributed by atoms with Gasteiger partial charge < -0.3 is 10.2 Å². The number of halogens is 4. The second-order valence-corrected chi connectivity index (χ2v) is 4.26. The Balaban J connectivity index is 2.92. The maximum atomic E-state index is 12.4. The largest absolute Gasteiger partial charge is 0.433 e. The fourth-order valence-electron chi connectivity index (χ4n) is 1.28. The molecule has 1 heterocycles. The summed E-state index contributed by atoms with van der Waals surface area (Å²) < 4.78 is 37.1. The van der Waals surface area contributed by atoms with Gasteiger partial charge in [0.15, 0.2) is 0 Å². The second-order valence-electron chi connectivity index (χ2n) is 3.46. The zero-order valence-electron chi connectivity index (χ0n) is 8.65. The predicted octanol–water partition coefficient (Wildman–Crippen LogP) is 2.28. The number of alkyl halides is 4. The quantitative estimate of drug-likeness (QED) is 0.839. The smallest absolute Gasteiger partial charge is 0.390 e. The molecule has 0 bridgehead atoms. The highest BCUT2D eigenvalue weighted by atomic mass is 79.9. The molecule has 7 heteroatoms. The molecule has 0 fully saturated rings. The van der Waals surface area contributed by atoms with Crippen molar-refractivity contribution in [1.82, 2.24) is 4.98 Å². The predicted molar refractivity (Wildman–Crippen MR) is 58.6 cm³/mol. The van der Waals surface area contributed by atoms with Gasteiger partial charge in [0.2, 0.25) is 0 Å². The molecule has 0 aliphatic heterocycles. The van der Waals surface area contributed by atoms with Crippen LogP contribution in [-0.2, 0) is 6.18 Å². The molecule has 2 atom stereocenters. The highest BCUT2D eigenvalue weighted by Crippen LogP contribution is 2.29. The highest BCUT2D eigenvalue weighted by molar-refractivity contribution is 9.09. The summed E-state index contributed by atoms with van der Waals surface area (Å²) in [6.45, 7) is 0. The van der Waals surface area contributed by atoms with Crippen LogP contribution >= 0.6 is 15.9 Å². The van der Waals surface area contributed by atoms with Crippen molar-refractivity contribution < 1.29 is 23.4 Å². The van der Waals surface area contributed by atoms with Gasteiger partial charge in [0.25, 0.3) is 0 Å². The van der Waals surface area contributed by atoms with Gasteiger partial charge in [-0.3, -0.25) is 4.98 Å². The summed E-state index contributed by atoms with van der Waals surface area (Å²) in [5, 5.41) is 19.6. The lowest BCUT2D eigenvalue weighted by molar-refractivity contribution is -0.141. The molecule has 1 aromatic heterocycles.